The molecule has 2 rings (SSSR count). The minimum atomic E-state index is -3.31. The molecule has 0 radical (unpaired) electrons. The van der Waals surface area contributed by atoms with Crippen molar-refractivity contribution in [1.82, 2.24) is 10.2 Å². The Morgan fingerprint density at radius 2 is 1.77 bits per heavy atom. The van der Waals surface area contributed by atoms with Gasteiger partial charge in [0, 0.05) is 23.8 Å². The van der Waals surface area contributed by atoms with E-state index in [0.29, 0.717) is 17.7 Å². The maximum absolute atomic E-state index is 12.9. The molecule has 6 nitrogen and oxygen atoms in total. The van der Waals surface area contributed by atoms with Gasteiger partial charge in [-0.3, -0.25) is 9.52 Å². The van der Waals surface area contributed by atoms with Crippen LogP contribution in [0.2, 0.25) is 0 Å². The minimum Gasteiger partial charge on any atom is -0.336 e. The number of benzene rings is 1. The molecule has 0 atom stereocenters. The van der Waals surface area contributed by atoms with Crippen molar-refractivity contribution >= 4 is 34.0 Å². The summed E-state index contributed by atoms with van der Waals surface area (Å²) in [6, 6.07) is 7.00. The highest BCUT2D eigenvalue weighted by Crippen LogP contribution is 2.18. The van der Waals surface area contributed by atoms with Crippen LogP contribution >= 0.6 is 12.4 Å². The van der Waals surface area contributed by atoms with Crippen LogP contribution in [-0.4, -0.2) is 50.7 Å². The van der Waals surface area contributed by atoms with E-state index < -0.39 is 10.0 Å². The quantitative estimate of drug-likeness (QED) is 0.699. The topological polar surface area (TPSA) is 78.5 Å². The van der Waals surface area contributed by atoms with Gasteiger partial charge in [-0.25, -0.2) is 8.42 Å². The first-order valence-electron chi connectivity index (χ1n) is 9.09. The Hall–Kier alpha value is -1.31. The van der Waals surface area contributed by atoms with Crippen molar-refractivity contribution in [2.75, 3.05) is 30.1 Å². The summed E-state index contributed by atoms with van der Waals surface area (Å²) in [6.45, 7) is 6.53. The minimum absolute atomic E-state index is 0. The average molecular weight is 404 g/mol. The van der Waals surface area contributed by atoms with Crippen LogP contribution in [0.15, 0.2) is 24.3 Å². The molecule has 1 heterocycles. The number of piperidine rings is 1. The standard InChI is InChI=1S/C18H29N3O3S.ClH/c1-3-13-21(17-9-11-19-12-10-17)18(22)15-5-7-16(8-6-15)20-25(23,24)14-4-2;/h5-8,17,19-20H,3-4,9-14H2,1-2H3;1H. The van der Waals surface area contributed by atoms with E-state index in [2.05, 4.69) is 17.0 Å². The van der Waals surface area contributed by atoms with Gasteiger partial charge >= 0.3 is 0 Å². The Morgan fingerprint density at radius 1 is 1.15 bits per heavy atom. The van der Waals surface area contributed by atoms with Crippen molar-refractivity contribution < 1.29 is 13.2 Å². The Labute approximate surface area is 163 Å². The molecule has 148 valence electrons. The van der Waals surface area contributed by atoms with Crippen LogP contribution in [0.25, 0.3) is 0 Å². The van der Waals surface area contributed by atoms with Crippen LogP contribution in [0.4, 0.5) is 5.69 Å². The highest BCUT2D eigenvalue weighted by Gasteiger charge is 2.25. The molecular formula is C18H30ClN3O3S. The van der Waals surface area contributed by atoms with Crippen LogP contribution in [0, 0.1) is 0 Å². The number of amides is 1. The summed E-state index contributed by atoms with van der Waals surface area (Å²) in [4.78, 5) is 14.9. The van der Waals surface area contributed by atoms with Gasteiger partial charge in [0.1, 0.15) is 0 Å². The van der Waals surface area contributed by atoms with E-state index in [9.17, 15) is 13.2 Å². The van der Waals surface area contributed by atoms with Crippen LogP contribution in [-0.2, 0) is 10.0 Å². The maximum atomic E-state index is 12.9. The Morgan fingerprint density at radius 3 is 2.31 bits per heavy atom. The van der Waals surface area contributed by atoms with Gasteiger partial charge in [0.05, 0.1) is 5.75 Å². The maximum Gasteiger partial charge on any atom is 0.254 e. The summed E-state index contributed by atoms with van der Waals surface area (Å²) in [5.41, 5.74) is 1.10. The summed E-state index contributed by atoms with van der Waals surface area (Å²) in [5, 5.41) is 3.33. The largest absolute Gasteiger partial charge is 0.336 e. The molecular weight excluding hydrogens is 374 g/mol. The van der Waals surface area contributed by atoms with Gasteiger partial charge in [-0.1, -0.05) is 13.8 Å². The van der Waals surface area contributed by atoms with E-state index in [4.69, 9.17) is 0 Å². The van der Waals surface area contributed by atoms with Crippen molar-refractivity contribution in [3.05, 3.63) is 29.8 Å². The Balaban J connectivity index is 0.00000338. The number of hydrogen-bond donors (Lipinski definition) is 2. The molecule has 0 unspecified atom stereocenters. The summed E-state index contributed by atoms with van der Waals surface area (Å²) >= 11 is 0. The molecule has 1 aliphatic heterocycles. The first-order chi connectivity index (χ1) is 12.0. The molecule has 1 aromatic rings. The van der Waals surface area contributed by atoms with Gasteiger partial charge in [0.2, 0.25) is 10.0 Å². The van der Waals surface area contributed by atoms with Crippen molar-refractivity contribution in [3.8, 4) is 0 Å². The lowest BCUT2D eigenvalue weighted by Gasteiger charge is -2.34. The normalized spacial score (nSPS) is 15.2. The molecule has 8 heteroatoms. The predicted octanol–water partition coefficient (Wildman–Crippen LogP) is 2.86. The first kappa shape index (κ1) is 22.7. The lowest BCUT2D eigenvalue weighted by molar-refractivity contribution is 0.0642. The van der Waals surface area contributed by atoms with Gasteiger partial charge < -0.3 is 10.2 Å². The highest BCUT2D eigenvalue weighted by atomic mass is 35.5. The van der Waals surface area contributed by atoms with Crippen LogP contribution in [0.3, 0.4) is 0 Å². The summed E-state index contributed by atoms with van der Waals surface area (Å²) in [6.07, 6.45) is 3.43. The zero-order chi connectivity index (χ0) is 18.3. The lowest BCUT2D eigenvalue weighted by Crippen LogP contribution is -2.46. The third-order valence-corrected chi connectivity index (χ3v) is 5.85. The Kier molecular flexibility index (Phi) is 9.39. The van der Waals surface area contributed by atoms with Gasteiger partial charge in [0.15, 0.2) is 0 Å². The number of rotatable bonds is 8. The molecule has 0 aliphatic carbocycles. The fourth-order valence-corrected chi connectivity index (χ4v) is 4.29. The van der Waals surface area contributed by atoms with Crippen LogP contribution < -0.4 is 10.0 Å². The van der Waals surface area contributed by atoms with Crippen LogP contribution in [0.5, 0.6) is 0 Å². The number of carbonyl (C=O) groups is 1. The van der Waals surface area contributed by atoms with E-state index in [-0.39, 0.29) is 30.1 Å². The summed E-state index contributed by atoms with van der Waals surface area (Å²) in [7, 11) is -3.31. The molecule has 1 amide bonds. The summed E-state index contributed by atoms with van der Waals surface area (Å²) in [5.74, 6) is 0.116. The SMILES string of the molecule is CCCN(C(=O)c1ccc(NS(=O)(=O)CCC)cc1)C1CCNCC1.Cl. The number of halogens is 1. The molecule has 2 N–H and O–H groups in total. The van der Waals surface area contributed by atoms with Crippen molar-refractivity contribution in [3.63, 3.8) is 0 Å². The molecule has 0 spiro atoms. The van der Waals surface area contributed by atoms with E-state index in [1.54, 1.807) is 24.3 Å². The van der Waals surface area contributed by atoms with Crippen LogP contribution in [0.1, 0.15) is 49.9 Å². The fourth-order valence-electron chi connectivity index (χ4n) is 3.16. The van der Waals surface area contributed by atoms with Gasteiger partial charge in [-0.15, -0.1) is 12.4 Å². The molecule has 1 aromatic carbocycles. The predicted molar refractivity (Wildman–Crippen MR) is 109 cm³/mol. The number of carbonyl (C=O) groups excluding carboxylic acids is 1. The first-order valence-corrected chi connectivity index (χ1v) is 10.7. The van der Waals surface area contributed by atoms with Crippen molar-refractivity contribution in [2.45, 2.75) is 45.6 Å². The van der Waals surface area contributed by atoms with E-state index in [1.165, 1.54) is 0 Å². The molecule has 1 fully saturated rings. The highest BCUT2D eigenvalue weighted by molar-refractivity contribution is 7.92. The zero-order valence-corrected chi connectivity index (χ0v) is 17.2. The third kappa shape index (κ3) is 6.45. The number of anilines is 1. The molecule has 26 heavy (non-hydrogen) atoms. The van der Waals surface area contributed by atoms with E-state index in [1.807, 2.05) is 11.8 Å². The van der Waals surface area contributed by atoms with Gasteiger partial charge in [-0.05, 0) is 63.0 Å². The molecule has 1 aliphatic rings. The summed E-state index contributed by atoms with van der Waals surface area (Å²) < 4.78 is 26.2. The number of hydrogen-bond acceptors (Lipinski definition) is 4. The van der Waals surface area contributed by atoms with E-state index in [0.717, 1.165) is 38.9 Å². The third-order valence-electron chi connectivity index (χ3n) is 4.35. The van der Waals surface area contributed by atoms with Crippen molar-refractivity contribution in [2.24, 2.45) is 0 Å². The van der Waals surface area contributed by atoms with Crippen molar-refractivity contribution in [1.29, 1.82) is 0 Å². The molecule has 0 saturated carbocycles. The number of nitrogens with zero attached hydrogens (tertiary/aromatic N) is 1. The van der Waals surface area contributed by atoms with Gasteiger partial charge in [-0.2, -0.15) is 0 Å². The monoisotopic (exact) mass is 403 g/mol. The second-order valence-electron chi connectivity index (χ2n) is 6.48. The number of nitrogens with one attached hydrogen (secondary N) is 2. The Bertz CT molecular complexity index is 659. The average Bonchev–Trinajstić information content (AvgIpc) is 2.60. The van der Waals surface area contributed by atoms with Gasteiger partial charge in [0.25, 0.3) is 5.91 Å². The van der Waals surface area contributed by atoms with E-state index >= 15 is 0 Å². The molecule has 1 saturated heterocycles. The fraction of sp³-hybridized carbons (Fsp3) is 0.611. The number of sulfonamides is 1. The smallest absolute Gasteiger partial charge is 0.254 e. The second-order valence-corrected chi connectivity index (χ2v) is 8.32. The molecule has 0 aromatic heterocycles. The molecule has 0 bridgehead atoms. The zero-order valence-electron chi connectivity index (χ0n) is 15.5. The second kappa shape index (κ2) is 10.7. The lowest BCUT2D eigenvalue weighted by atomic mass is 10.0.